The molecule has 100 valence electrons. The summed E-state index contributed by atoms with van der Waals surface area (Å²) in [5, 5.41) is 10.0. The van der Waals surface area contributed by atoms with Gasteiger partial charge in [-0.15, -0.1) is 0 Å². The molecule has 0 aliphatic rings. The minimum Gasteiger partial charge on any atom is -0.383 e. The highest BCUT2D eigenvalue weighted by Gasteiger charge is 2.20. The topological polar surface area (TPSA) is 20.2 Å². The zero-order valence-electron chi connectivity index (χ0n) is 10.5. The molecule has 0 spiro atoms. The Morgan fingerprint density at radius 2 is 1.58 bits per heavy atom. The molecular formula is C15H13F3O. The van der Waals surface area contributed by atoms with Crippen LogP contribution in [0.1, 0.15) is 28.4 Å². The molecule has 1 atom stereocenters. The van der Waals surface area contributed by atoms with Crippen molar-refractivity contribution in [3.05, 3.63) is 70.0 Å². The van der Waals surface area contributed by atoms with Gasteiger partial charge in [0.25, 0.3) is 0 Å². The lowest BCUT2D eigenvalue weighted by molar-refractivity contribution is 0.209. The van der Waals surface area contributed by atoms with Crippen LogP contribution >= 0.6 is 0 Å². The van der Waals surface area contributed by atoms with Gasteiger partial charge in [0.1, 0.15) is 23.6 Å². The fourth-order valence-electron chi connectivity index (χ4n) is 1.92. The molecule has 2 aromatic carbocycles. The predicted octanol–water partition coefficient (Wildman–Crippen LogP) is 3.80. The highest BCUT2D eigenvalue weighted by molar-refractivity contribution is 5.36. The first-order valence-corrected chi connectivity index (χ1v) is 5.80. The van der Waals surface area contributed by atoms with Crippen molar-refractivity contribution in [2.45, 2.75) is 20.0 Å². The standard InChI is InChI=1S/C15H13F3O/c1-8-4-3-5-10(14(8)18)15(19)11-7-12(16)9(2)6-13(11)17/h3-7,15,19H,1-2H3. The summed E-state index contributed by atoms with van der Waals surface area (Å²) in [6, 6.07) is 6.33. The van der Waals surface area contributed by atoms with Crippen LogP contribution in [0.5, 0.6) is 0 Å². The fourth-order valence-corrected chi connectivity index (χ4v) is 1.92. The molecule has 0 bridgehead atoms. The lowest BCUT2D eigenvalue weighted by atomic mass is 9.97. The van der Waals surface area contributed by atoms with Gasteiger partial charge in [0.15, 0.2) is 0 Å². The smallest absolute Gasteiger partial charge is 0.132 e. The van der Waals surface area contributed by atoms with Crippen LogP contribution in [0.4, 0.5) is 13.2 Å². The van der Waals surface area contributed by atoms with Gasteiger partial charge >= 0.3 is 0 Å². The molecule has 1 N–H and O–H groups in total. The number of rotatable bonds is 2. The first-order chi connectivity index (χ1) is 8.91. The number of halogens is 3. The molecule has 1 unspecified atom stereocenters. The molecule has 1 nitrogen and oxygen atoms in total. The average Bonchev–Trinajstić information content (AvgIpc) is 2.36. The molecule has 2 aromatic rings. The molecule has 0 aliphatic carbocycles. The van der Waals surface area contributed by atoms with Gasteiger partial charge in [-0.2, -0.15) is 0 Å². The minimum atomic E-state index is -1.53. The van der Waals surface area contributed by atoms with Gasteiger partial charge in [-0.3, -0.25) is 0 Å². The van der Waals surface area contributed by atoms with Crippen LogP contribution in [-0.2, 0) is 0 Å². The summed E-state index contributed by atoms with van der Waals surface area (Å²) < 4.78 is 41.1. The highest BCUT2D eigenvalue weighted by atomic mass is 19.1. The van der Waals surface area contributed by atoms with Gasteiger partial charge in [0.2, 0.25) is 0 Å². The van der Waals surface area contributed by atoms with Crippen LogP contribution in [-0.4, -0.2) is 5.11 Å². The van der Waals surface area contributed by atoms with Gasteiger partial charge in [0, 0.05) is 11.1 Å². The van der Waals surface area contributed by atoms with E-state index >= 15 is 0 Å². The van der Waals surface area contributed by atoms with E-state index in [9.17, 15) is 18.3 Å². The number of aliphatic hydroxyl groups excluding tert-OH is 1. The number of aryl methyl sites for hydroxylation is 2. The molecule has 0 aliphatic heterocycles. The Kier molecular flexibility index (Phi) is 3.62. The van der Waals surface area contributed by atoms with E-state index in [1.807, 2.05) is 0 Å². The molecule has 4 heteroatoms. The van der Waals surface area contributed by atoms with E-state index in [-0.39, 0.29) is 16.7 Å². The first-order valence-electron chi connectivity index (χ1n) is 5.80. The summed E-state index contributed by atoms with van der Waals surface area (Å²) >= 11 is 0. The average molecular weight is 266 g/mol. The number of aliphatic hydroxyl groups is 1. The van der Waals surface area contributed by atoms with E-state index in [1.54, 1.807) is 6.07 Å². The molecule has 0 aromatic heterocycles. The third-order valence-corrected chi connectivity index (χ3v) is 3.09. The lowest BCUT2D eigenvalue weighted by Crippen LogP contribution is -2.07. The van der Waals surface area contributed by atoms with E-state index < -0.39 is 23.6 Å². The van der Waals surface area contributed by atoms with E-state index in [4.69, 9.17) is 0 Å². The Labute approximate surface area is 109 Å². The Balaban J connectivity index is 2.53. The Hall–Kier alpha value is -1.81. The second-order valence-corrected chi connectivity index (χ2v) is 4.50. The maximum absolute atomic E-state index is 13.9. The predicted molar refractivity (Wildman–Crippen MR) is 66.3 cm³/mol. The van der Waals surface area contributed by atoms with Crippen molar-refractivity contribution < 1.29 is 18.3 Å². The molecular weight excluding hydrogens is 253 g/mol. The number of hydrogen-bond acceptors (Lipinski definition) is 1. The molecule has 2 rings (SSSR count). The Morgan fingerprint density at radius 3 is 2.26 bits per heavy atom. The SMILES string of the molecule is Cc1cc(F)c(C(O)c2cccc(C)c2F)cc1F. The summed E-state index contributed by atoms with van der Waals surface area (Å²) in [5.74, 6) is -2.01. The molecule has 0 radical (unpaired) electrons. The van der Waals surface area contributed by atoms with Crippen molar-refractivity contribution in [3.63, 3.8) is 0 Å². The second-order valence-electron chi connectivity index (χ2n) is 4.50. The zero-order valence-corrected chi connectivity index (χ0v) is 10.5. The monoisotopic (exact) mass is 266 g/mol. The van der Waals surface area contributed by atoms with Gasteiger partial charge in [-0.1, -0.05) is 18.2 Å². The molecule has 0 heterocycles. The van der Waals surface area contributed by atoms with Crippen molar-refractivity contribution in [2.75, 3.05) is 0 Å². The summed E-state index contributed by atoms with van der Waals surface area (Å²) in [6.07, 6.45) is -1.53. The fraction of sp³-hybridized carbons (Fsp3) is 0.200. The summed E-state index contributed by atoms with van der Waals surface area (Å²) in [6.45, 7) is 2.96. The molecule has 19 heavy (non-hydrogen) atoms. The van der Waals surface area contributed by atoms with Crippen LogP contribution in [0.3, 0.4) is 0 Å². The van der Waals surface area contributed by atoms with Crippen molar-refractivity contribution >= 4 is 0 Å². The van der Waals surface area contributed by atoms with E-state index in [1.165, 1.54) is 26.0 Å². The van der Waals surface area contributed by atoms with E-state index in [0.717, 1.165) is 12.1 Å². The van der Waals surface area contributed by atoms with E-state index in [0.29, 0.717) is 5.56 Å². The van der Waals surface area contributed by atoms with Gasteiger partial charge < -0.3 is 5.11 Å². The maximum atomic E-state index is 13.9. The van der Waals surface area contributed by atoms with Crippen molar-refractivity contribution in [2.24, 2.45) is 0 Å². The normalized spacial score (nSPS) is 12.5. The maximum Gasteiger partial charge on any atom is 0.132 e. The van der Waals surface area contributed by atoms with Crippen LogP contribution in [0.15, 0.2) is 30.3 Å². The van der Waals surface area contributed by atoms with Gasteiger partial charge in [-0.25, -0.2) is 13.2 Å². The van der Waals surface area contributed by atoms with Crippen LogP contribution in [0.2, 0.25) is 0 Å². The molecule has 0 amide bonds. The number of hydrogen-bond donors (Lipinski definition) is 1. The Morgan fingerprint density at radius 1 is 0.895 bits per heavy atom. The third-order valence-electron chi connectivity index (χ3n) is 3.09. The van der Waals surface area contributed by atoms with Gasteiger partial charge in [-0.05, 0) is 37.1 Å². The van der Waals surface area contributed by atoms with Crippen LogP contribution in [0, 0.1) is 31.3 Å². The quantitative estimate of drug-likeness (QED) is 0.876. The van der Waals surface area contributed by atoms with Crippen LogP contribution < -0.4 is 0 Å². The highest BCUT2D eigenvalue weighted by Crippen LogP contribution is 2.28. The summed E-state index contributed by atoms with van der Waals surface area (Å²) in [5.41, 5.74) is 0.137. The minimum absolute atomic E-state index is 0.0675. The van der Waals surface area contributed by atoms with Crippen molar-refractivity contribution in [1.29, 1.82) is 0 Å². The van der Waals surface area contributed by atoms with Gasteiger partial charge in [0.05, 0.1) is 0 Å². The molecule has 0 saturated heterocycles. The Bertz CT molecular complexity index is 623. The van der Waals surface area contributed by atoms with Crippen molar-refractivity contribution in [1.82, 2.24) is 0 Å². The summed E-state index contributed by atoms with van der Waals surface area (Å²) in [7, 11) is 0. The zero-order chi connectivity index (χ0) is 14.2. The molecule has 0 saturated carbocycles. The summed E-state index contributed by atoms with van der Waals surface area (Å²) in [4.78, 5) is 0. The molecule has 0 fully saturated rings. The van der Waals surface area contributed by atoms with E-state index in [2.05, 4.69) is 0 Å². The van der Waals surface area contributed by atoms with Crippen LogP contribution in [0.25, 0.3) is 0 Å². The number of benzene rings is 2. The first kappa shape index (κ1) is 13.6. The van der Waals surface area contributed by atoms with Crippen molar-refractivity contribution in [3.8, 4) is 0 Å². The third kappa shape index (κ3) is 2.49. The lowest BCUT2D eigenvalue weighted by Gasteiger charge is -2.15. The largest absolute Gasteiger partial charge is 0.383 e. The second kappa shape index (κ2) is 5.05.